The van der Waals surface area contributed by atoms with Crippen LogP contribution in [-0.2, 0) is 4.79 Å². The number of hydrogen-bond donors (Lipinski definition) is 2. The summed E-state index contributed by atoms with van der Waals surface area (Å²) in [7, 11) is 0. The number of carbonyl (C=O) groups excluding carboxylic acids is 1. The fourth-order valence-corrected chi connectivity index (χ4v) is 4.10. The van der Waals surface area contributed by atoms with Gasteiger partial charge in [-0.3, -0.25) is 4.79 Å². The number of amides is 1. The van der Waals surface area contributed by atoms with Crippen molar-refractivity contribution in [3.63, 3.8) is 0 Å². The highest BCUT2D eigenvalue weighted by molar-refractivity contribution is 7.22. The fraction of sp³-hybridized carbons (Fsp3) is 0.278. The van der Waals surface area contributed by atoms with Gasteiger partial charge in [-0.25, -0.2) is 9.97 Å². The van der Waals surface area contributed by atoms with Crippen molar-refractivity contribution in [2.75, 3.05) is 18.4 Å². The van der Waals surface area contributed by atoms with Crippen LogP contribution in [0.1, 0.15) is 12.8 Å². The average Bonchev–Trinajstić information content (AvgIpc) is 3.06. The molecule has 1 saturated heterocycles. The first-order chi connectivity index (χ1) is 12.2. The van der Waals surface area contributed by atoms with Crippen molar-refractivity contribution in [2.24, 2.45) is 5.92 Å². The Morgan fingerprint density at radius 1 is 1.32 bits per heavy atom. The van der Waals surface area contributed by atoms with Crippen molar-refractivity contribution in [1.82, 2.24) is 15.3 Å². The predicted octanol–water partition coefficient (Wildman–Crippen LogP) is 3.95. The van der Waals surface area contributed by atoms with E-state index in [1.54, 1.807) is 23.6 Å². The molecule has 25 heavy (non-hydrogen) atoms. The molecule has 1 aliphatic rings. The molecule has 5 nitrogen and oxygen atoms in total. The zero-order valence-corrected chi connectivity index (χ0v) is 15.0. The minimum absolute atomic E-state index is 0.0219. The van der Waals surface area contributed by atoms with Crippen molar-refractivity contribution >= 4 is 44.9 Å². The van der Waals surface area contributed by atoms with E-state index in [9.17, 15) is 4.79 Å². The lowest BCUT2D eigenvalue weighted by molar-refractivity contribution is -0.120. The number of halogens is 1. The second-order valence-electron chi connectivity index (χ2n) is 6.09. The van der Waals surface area contributed by atoms with Gasteiger partial charge >= 0.3 is 0 Å². The first kappa shape index (κ1) is 16.4. The van der Waals surface area contributed by atoms with Crippen LogP contribution in [0.3, 0.4) is 0 Å². The van der Waals surface area contributed by atoms with Gasteiger partial charge in [0.2, 0.25) is 5.91 Å². The van der Waals surface area contributed by atoms with E-state index < -0.39 is 0 Å². The van der Waals surface area contributed by atoms with Gasteiger partial charge in [-0.15, -0.1) is 11.3 Å². The van der Waals surface area contributed by atoms with Gasteiger partial charge in [-0.1, -0.05) is 11.6 Å². The molecule has 3 aromatic rings. The predicted molar refractivity (Wildman–Crippen MR) is 102 cm³/mol. The number of thiophene rings is 1. The average molecular weight is 373 g/mol. The molecule has 1 unspecified atom stereocenters. The van der Waals surface area contributed by atoms with Gasteiger partial charge in [0, 0.05) is 23.2 Å². The first-order valence-corrected chi connectivity index (χ1v) is 9.42. The lowest BCUT2D eigenvalue weighted by Gasteiger charge is -2.21. The summed E-state index contributed by atoms with van der Waals surface area (Å²) in [6.45, 7) is 1.73. The molecule has 0 aromatic carbocycles. The number of anilines is 1. The number of nitrogens with zero attached hydrogens (tertiary/aromatic N) is 2. The van der Waals surface area contributed by atoms with Gasteiger partial charge in [0.25, 0.3) is 0 Å². The van der Waals surface area contributed by atoms with E-state index in [-0.39, 0.29) is 11.8 Å². The van der Waals surface area contributed by atoms with Crippen molar-refractivity contribution in [2.45, 2.75) is 12.8 Å². The summed E-state index contributed by atoms with van der Waals surface area (Å²) in [5.41, 5.74) is 1.88. The van der Waals surface area contributed by atoms with Crippen molar-refractivity contribution < 1.29 is 4.79 Å². The second kappa shape index (κ2) is 7.07. The van der Waals surface area contributed by atoms with Crippen LogP contribution in [0.5, 0.6) is 0 Å². The first-order valence-electron chi connectivity index (χ1n) is 8.23. The molecule has 3 aromatic heterocycles. The van der Waals surface area contributed by atoms with Crippen molar-refractivity contribution in [3.8, 4) is 10.4 Å². The molecule has 1 aliphatic heterocycles. The molecule has 128 valence electrons. The number of fused-ring (bicyclic) bond motifs is 1. The lowest BCUT2D eigenvalue weighted by atomic mass is 9.99. The zero-order valence-electron chi connectivity index (χ0n) is 13.5. The third kappa shape index (κ3) is 3.66. The summed E-state index contributed by atoms with van der Waals surface area (Å²) in [5.74, 6) is 0.642. The smallest absolute Gasteiger partial charge is 0.229 e. The van der Waals surface area contributed by atoms with Crippen LogP contribution in [0.4, 0.5) is 5.82 Å². The molecule has 0 bridgehead atoms. The highest BCUT2D eigenvalue weighted by Crippen LogP contribution is 2.33. The summed E-state index contributed by atoms with van der Waals surface area (Å²) in [4.78, 5) is 22.0. The van der Waals surface area contributed by atoms with Crippen molar-refractivity contribution in [1.29, 1.82) is 0 Å². The summed E-state index contributed by atoms with van der Waals surface area (Å²) in [6, 6.07) is 9.58. The van der Waals surface area contributed by atoms with Gasteiger partial charge in [-0.2, -0.15) is 0 Å². The Balaban J connectivity index is 1.49. The Labute approximate surface area is 154 Å². The number of hydrogen-bond acceptors (Lipinski definition) is 5. The van der Waals surface area contributed by atoms with E-state index >= 15 is 0 Å². The maximum atomic E-state index is 12.3. The minimum Gasteiger partial charge on any atom is -0.316 e. The number of nitrogens with one attached hydrogen (secondary N) is 2. The molecule has 7 heteroatoms. The fourth-order valence-electron chi connectivity index (χ4n) is 2.96. The monoisotopic (exact) mass is 372 g/mol. The minimum atomic E-state index is 0.0219. The summed E-state index contributed by atoms with van der Waals surface area (Å²) < 4.78 is 1.08. The van der Waals surface area contributed by atoms with Crippen LogP contribution in [-0.4, -0.2) is 29.0 Å². The van der Waals surface area contributed by atoms with Crippen LogP contribution in [0, 0.1) is 5.92 Å². The van der Waals surface area contributed by atoms with Crippen molar-refractivity contribution in [3.05, 3.63) is 41.7 Å². The Morgan fingerprint density at radius 2 is 2.24 bits per heavy atom. The Bertz CT molecular complexity index is 903. The Morgan fingerprint density at radius 3 is 3.00 bits per heavy atom. The van der Waals surface area contributed by atoms with Gasteiger partial charge in [0.15, 0.2) is 0 Å². The molecule has 2 N–H and O–H groups in total. The topological polar surface area (TPSA) is 66.9 Å². The molecule has 0 saturated carbocycles. The number of pyridine rings is 2. The van der Waals surface area contributed by atoms with E-state index in [1.807, 2.05) is 24.3 Å². The molecular formula is C18H17ClN4OS. The molecular weight excluding hydrogens is 356 g/mol. The quantitative estimate of drug-likeness (QED) is 0.683. The van der Waals surface area contributed by atoms with Crippen LogP contribution in [0.15, 0.2) is 36.5 Å². The summed E-state index contributed by atoms with van der Waals surface area (Å²) in [5, 5.41) is 6.65. The van der Waals surface area contributed by atoms with Gasteiger partial charge < -0.3 is 10.6 Å². The highest BCUT2D eigenvalue weighted by atomic mass is 35.5. The van der Waals surface area contributed by atoms with Crippen LogP contribution >= 0.6 is 22.9 Å². The lowest BCUT2D eigenvalue weighted by Crippen LogP contribution is -2.37. The number of aromatic nitrogens is 2. The maximum absolute atomic E-state index is 12.3. The summed E-state index contributed by atoms with van der Waals surface area (Å²) in [6.07, 6.45) is 3.74. The van der Waals surface area contributed by atoms with E-state index in [0.29, 0.717) is 11.0 Å². The second-order valence-corrected chi connectivity index (χ2v) is 7.56. The van der Waals surface area contributed by atoms with Crippen LogP contribution < -0.4 is 10.6 Å². The van der Waals surface area contributed by atoms with Gasteiger partial charge in [0.1, 0.15) is 11.0 Å². The molecule has 0 spiro atoms. The van der Waals surface area contributed by atoms with E-state index in [4.69, 9.17) is 11.6 Å². The van der Waals surface area contributed by atoms with Crippen LogP contribution in [0.2, 0.25) is 5.15 Å². The maximum Gasteiger partial charge on any atom is 0.229 e. The highest BCUT2D eigenvalue weighted by Gasteiger charge is 2.21. The third-order valence-corrected chi connectivity index (χ3v) is 5.66. The normalized spacial score (nSPS) is 17.6. The van der Waals surface area contributed by atoms with Gasteiger partial charge in [-0.05, 0) is 49.7 Å². The summed E-state index contributed by atoms with van der Waals surface area (Å²) >= 11 is 7.59. The van der Waals surface area contributed by atoms with E-state index in [0.717, 1.165) is 46.6 Å². The van der Waals surface area contributed by atoms with E-state index in [1.165, 1.54) is 0 Å². The zero-order chi connectivity index (χ0) is 17.2. The number of rotatable bonds is 3. The Kier molecular flexibility index (Phi) is 4.65. The molecule has 1 atom stereocenters. The molecule has 1 amide bonds. The SMILES string of the molecule is O=C(Nc1ccc(-c2cc3nc(Cl)ccc3s2)cn1)C1CCCNC1. The molecule has 1 fully saturated rings. The standard InChI is InChI=1S/C18H17ClN4OS/c19-16-5-4-14-13(22-16)8-15(25-14)11-3-6-17(21-10-11)23-18(24)12-2-1-7-20-9-12/h3-6,8,10,12,20H,1-2,7,9H2,(H,21,23,24). The third-order valence-electron chi connectivity index (χ3n) is 4.31. The Hall–Kier alpha value is -2.02. The molecule has 4 heterocycles. The number of piperidine rings is 1. The van der Waals surface area contributed by atoms with Gasteiger partial charge in [0.05, 0.1) is 16.1 Å². The largest absolute Gasteiger partial charge is 0.316 e. The molecule has 0 aliphatic carbocycles. The van der Waals surface area contributed by atoms with E-state index in [2.05, 4.69) is 20.6 Å². The molecule has 4 rings (SSSR count). The molecule has 0 radical (unpaired) electrons. The van der Waals surface area contributed by atoms with Crippen LogP contribution in [0.25, 0.3) is 20.7 Å². The number of carbonyl (C=O) groups is 1.